The van der Waals surface area contributed by atoms with Gasteiger partial charge in [0, 0.05) is 32.0 Å². The van der Waals surface area contributed by atoms with Crippen LogP contribution in [0.5, 0.6) is 0 Å². The molecule has 1 fully saturated rings. The van der Waals surface area contributed by atoms with E-state index in [0.29, 0.717) is 25.4 Å². The zero-order valence-electron chi connectivity index (χ0n) is 13.0. The first-order valence-corrected chi connectivity index (χ1v) is 7.64. The molecule has 0 saturated carbocycles. The van der Waals surface area contributed by atoms with Gasteiger partial charge in [0.05, 0.1) is 12.6 Å². The molecular formula is C14H25N5O2. The molecule has 7 nitrogen and oxygen atoms in total. The monoisotopic (exact) mass is 295 g/mol. The van der Waals surface area contributed by atoms with Crippen LogP contribution >= 0.6 is 0 Å². The Morgan fingerprint density at radius 3 is 2.95 bits per heavy atom. The minimum absolute atomic E-state index is 0.251. The van der Waals surface area contributed by atoms with Crippen molar-refractivity contribution in [2.75, 3.05) is 26.2 Å². The van der Waals surface area contributed by atoms with Gasteiger partial charge < -0.3 is 19.8 Å². The van der Waals surface area contributed by atoms with Crippen molar-refractivity contribution in [2.24, 2.45) is 4.99 Å². The third-order valence-corrected chi connectivity index (χ3v) is 3.39. The zero-order valence-corrected chi connectivity index (χ0v) is 13.0. The molecule has 1 aromatic heterocycles. The van der Waals surface area contributed by atoms with Crippen LogP contribution in [0.3, 0.4) is 0 Å². The summed E-state index contributed by atoms with van der Waals surface area (Å²) in [6.45, 7) is 8.99. The summed E-state index contributed by atoms with van der Waals surface area (Å²) in [5.74, 6) is 2.48. The summed E-state index contributed by atoms with van der Waals surface area (Å²) >= 11 is 0. The van der Waals surface area contributed by atoms with E-state index in [1.807, 2.05) is 20.8 Å². The maximum atomic E-state index is 9.62. The molecule has 1 aliphatic heterocycles. The average Bonchev–Trinajstić information content (AvgIpc) is 3.07. The van der Waals surface area contributed by atoms with Crippen molar-refractivity contribution in [1.29, 1.82) is 0 Å². The van der Waals surface area contributed by atoms with Gasteiger partial charge in [-0.2, -0.15) is 4.98 Å². The Bertz CT molecular complexity index is 472. The molecule has 1 atom stereocenters. The summed E-state index contributed by atoms with van der Waals surface area (Å²) in [5, 5.41) is 16.8. The molecule has 0 unspecified atom stereocenters. The Kier molecular flexibility index (Phi) is 5.55. The van der Waals surface area contributed by atoms with Gasteiger partial charge in [0.1, 0.15) is 0 Å². The van der Waals surface area contributed by atoms with Gasteiger partial charge >= 0.3 is 0 Å². The molecule has 21 heavy (non-hydrogen) atoms. The largest absolute Gasteiger partial charge is 0.391 e. The number of aliphatic hydroxyl groups excluding tert-OH is 1. The number of nitrogens with zero attached hydrogens (tertiary/aromatic N) is 4. The first-order chi connectivity index (χ1) is 10.1. The van der Waals surface area contributed by atoms with Crippen molar-refractivity contribution in [3.05, 3.63) is 11.7 Å². The molecule has 0 spiro atoms. The fraction of sp³-hybridized carbons (Fsp3) is 0.786. The second kappa shape index (κ2) is 7.40. The van der Waals surface area contributed by atoms with E-state index in [0.717, 1.165) is 31.3 Å². The van der Waals surface area contributed by atoms with Gasteiger partial charge in [0.15, 0.2) is 11.8 Å². The van der Waals surface area contributed by atoms with E-state index in [1.165, 1.54) is 0 Å². The lowest BCUT2D eigenvalue weighted by Gasteiger charge is -2.20. The van der Waals surface area contributed by atoms with Crippen molar-refractivity contribution in [2.45, 2.75) is 45.6 Å². The molecule has 2 N–H and O–H groups in total. The van der Waals surface area contributed by atoms with Gasteiger partial charge in [-0.25, -0.2) is 0 Å². The number of hydrogen-bond donors (Lipinski definition) is 2. The number of guanidine groups is 1. The summed E-state index contributed by atoms with van der Waals surface area (Å²) in [5.41, 5.74) is 0. The lowest BCUT2D eigenvalue weighted by molar-refractivity contribution is 0.188. The normalized spacial score (nSPS) is 19.6. The van der Waals surface area contributed by atoms with Crippen LogP contribution in [0, 0.1) is 0 Å². The standard InChI is InChI=1S/C14H25N5O2/c1-4-15-14(19-8-6-11(20)9-19)16-7-5-12-17-13(10(2)3)18-21-12/h10-11,20H,4-9H2,1-3H3,(H,15,16)/t11-/m1/s1. The molecule has 118 valence electrons. The Morgan fingerprint density at radius 2 is 2.38 bits per heavy atom. The molecule has 1 saturated heterocycles. The molecule has 0 aromatic carbocycles. The predicted molar refractivity (Wildman–Crippen MR) is 80.3 cm³/mol. The van der Waals surface area contributed by atoms with Crippen molar-refractivity contribution < 1.29 is 9.63 Å². The highest BCUT2D eigenvalue weighted by molar-refractivity contribution is 5.80. The average molecular weight is 295 g/mol. The van der Waals surface area contributed by atoms with Crippen molar-refractivity contribution in [1.82, 2.24) is 20.4 Å². The second-order valence-corrected chi connectivity index (χ2v) is 5.58. The number of likely N-dealkylation sites (tertiary alicyclic amines) is 1. The van der Waals surface area contributed by atoms with Gasteiger partial charge in [-0.15, -0.1) is 0 Å². The molecule has 2 rings (SSSR count). The molecule has 0 radical (unpaired) electrons. The summed E-state index contributed by atoms with van der Waals surface area (Å²) in [6.07, 6.45) is 1.18. The van der Waals surface area contributed by atoms with Gasteiger partial charge in [-0.3, -0.25) is 4.99 Å². The number of aromatic nitrogens is 2. The summed E-state index contributed by atoms with van der Waals surface area (Å²) in [7, 11) is 0. The number of nitrogens with one attached hydrogen (secondary N) is 1. The van der Waals surface area contributed by atoms with Crippen LogP contribution in [-0.4, -0.2) is 58.4 Å². The van der Waals surface area contributed by atoms with E-state index in [-0.39, 0.29) is 12.0 Å². The Balaban J connectivity index is 1.89. The van der Waals surface area contributed by atoms with Crippen LogP contribution in [0.2, 0.25) is 0 Å². The van der Waals surface area contributed by atoms with E-state index < -0.39 is 0 Å². The van der Waals surface area contributed by atoms with Crippen molar-refractivity contribution in [3.8, 4) is 0 Å². The van der Waals surface area contributed by atoms with Crippen molar-refractivity contribution in [3.63, 3.8) is 0 Å². The highest BCUT2D eigenvalue weighted by Gasteiger charge is 2.22. The summed E-state index contributed by atoms with van der Waals surface area (Å²) in [4.78, 5) is 11.0. The SMILES string of the molecule is CCNC(=NCCc1nc(C(C)C)no1)N1CC[C@@H](O)C1. The topological polar surface area (TPSA) is 86.8 Å². The van der Waals surface area contributed by atoms with Crippen LogP contribution in [0.25, 0.3) is 0 Å². The van der Waals surface area contributed by atoms with Gasteiger partial charge in [-0.1, -0.05) is 19.0 Å². The fourth-order valence-corrected chi connectivity index (χ4v) is 2.22. The number of aliphatic imine (C=N–C) groups is 1. The number of hydrogen-bond acceptors (Lipinski definition) is 5. The van der Waals surface area contributed by atoms with E-state index >= 15 is 0 Å². The highest BCUT2D eigenvalue weighted by Crippen LogP contribution is 2.11. The van der Waals surface area contributed by atoms with E-state index in [1.54, 1.807) is 0 Å². The first kappa shape index (κ1) is 15.8. The molecule has 1 aromatic rings. The number of β-amino-alcohol motifs (C(OH)–C–C–N with tert-alkyl or cyclic N) is 1. The van der Waals surface area contributed by atoms with E-state index in [9.17, 15) is 5.11 Å². The third kappa shape index (κ3) is 4.42. The van der Waals surface area contributed by atoms with Crippen LogP contribution in [0.15, 0.2) is 9.52 Å². The van der Waals surface area contributed by atoms with Crippen LogP contribution < -0.4 is 5.32 Å². The molecule has 7 heteroatoms. The van der Waals surface area contributed by atoms with Gasteiger partial charge in [0.2, 0.25) is 5.89 Å². The van der Waals surface area contributed by atoms with Crippen LogP contribution in [-0.2, 0) is 6.42 Å². The molecule has 0 aliphatic carbocycles. The summed E-state index contributed by atoms with van der Waals surface area (Å²) in [6, 6.07) is 0. The van der Waals surface area contributed by atoms with Gasteiger partial charge in [-0.05, 0) is 13.3 Å². The zero-order chi connectivity index (χ0) is 15.2. The predicted octanol–water partition coefficient (Wildman–Crippen LogP) is 0.768. The maximum absolute atomic E-state index is 9.62. The van der Waals surface area contributed by atoms with Crippen LogP contribution in [0.4, 0.5) is 0 Å². The minimum Gasteiger partial charge on any atom is -0.391 e. The first-order valence-electron chi connectivity index (χ1n) is 7.64. The fourth-order valence-electron chi connectivity index (χ4n) is 2.22. The number of rotatable bonds is 5. The molecule has 0 amide bonds. The van der Waals surface area contributed by atoms with Crippen molar-refractivity contribution >= 4 is 5.96 Å². The minimum atomic E-state index is -0.251. The molecule has 1 aliphatic rings. The lowest BCUT2D eigenvalue weighted by Crippen LogP contribution is -2.40. The Labute approximate surface area is 125 Å². The van der Waals surface area contributed by atoms with E-state index in [4.69, 9.17) is 4.52 Å². The third-order valence-electron chi connectivity index (χ3n) is 3.39. The second-order valence-electron chi connectivity index (χ2n) is 5.58. The Morgan fingerprint density at radius 1 is 1.57 bits per heavy atom. The van der Waals surface area contributed by atoms with Crippen LogP contribution in [0.1, 0.15) is 44.8 Å². The van der Waals surface area contributed by atoms with Gasteiger partial charge in [0.25, 0.3) is 0 Å². The Hall–Kier alpha value is -1.63. The quantitative estimate of drug-likeness (QED) is 0.616. The highest BCUT2D eigenvalue weighted by atomic mass is 16.5. The lowest BCUT2D eigenvalue weighted by atomic mass is 10.2. The van der Waals surface area contributed by atoms with E-state index in [2.05, 4.69) is 25.3 Å². The molecular weight excluding hydrogens is 270 g/mol. The number of aliphatic hydroxyl groups is 1. The molecule has 2 heterocycles. The molecule has 0 bridgehead atoms. The summed E-state index contributed by atoms with van der Waals surface area (Å²) < 4.78 is 5.21. The maximum Gasteiger partial charge on any atom is 0.228 e. The smallest absolute Gasteiger partial charge is 0.228 e.